The highest BCUT2D eigenvalue weighted by Gasteiger charge is 2.33. The molecule has 5 nitrogen and oxygen atoms in total. The quantitative estimate of drug-likeness (QED) is 0.619. The van der Waals surface area contributed by atoms with Crippen molar-refractivity contribution in [3.05, 3.63) is 64.2 Å². The molecule has 1 unspecified atom stereocenters. The van der Waals surface area contributed by atoms with Gasteiger partial charge >= 0.3 is 0 Å². The molecule has 140 valence electrons. The maximum Gasteiger partial charge on any atom is 0.232 e. The Labute approximate surface area is 159 Å². The first-order chi connectivity index (χ1) is 13.1. The Morgan fingerprint density at radius 3 is 2.48 bits per heavy atom. The van der Waals surface area contributed by atoms with Crippen molar-refractivity contribution in [1.82, 2.24) is 9.55 Å². The molecule has 2 heterocycles. The van der Waals surface area contributed by atoms with Crippen molar-refractivity contribution in [3.8, 4) is 5.75 Å². The number of methoxy groups -OCH3 is 1. The van der Waals surface area contributed by atoms with Crippen molar-refractivity contribution in [2.75, 3.05) is 20.2 Å². The summed E-state index contributed by atoms with van der Waals surface area (Å²) in [5, 5.41) is 15.7. The second-order valence-electron chi connectivity index (χ2n) is 7.14. The Kier molecular flexibility index (Phi) is 4.72. The van der Waals surface area contributed by atoms with Crippen LogP contribution >= 0.6 is 0 Å². The molecule has 1 fully saturated rings. The standard InChI is InChI=1S/C22H24N2O3/c1-27-19-11-9-18(10-12-19)24(26)16-17-7-3-4-8-20(17)21(24)15-22(25)23-13-5-2-6-14-23/h3-4,7-12,16H,2,5-6,13-15H2,1H3. The molecule has 0 radical (unpaired) electrons. The lowest BCUT2D eigenvalue weighted by Crippen LogP contribution is -2.40. The minimum absolute atomic E-state index is 0.0432. The summed E-state index contributed by atoms with van der Waals surface area (Å²) in [7, 11) is 1.60. The molecule has 4 rings (SSSR count). The summed E-state index contributed by atoms with van der Waals surface area (Å²) in [6.07, 6.45) is 5.09. The van der Waals surface area contributed by atoms with Crippen molar-refractivity contribution in [1.29, 1.82) is 0 Å². The fourth-order valence-corrected chi connectivity index (χ4v) is 3.97. The number of fused-ring (bicyclic) bond motifs is 1. The van der Waals surface area contributed by atoms with Gasteiger partial charge in [-0.2, -0.15) is 0 Å². The second kappa shape index (κ2) is 7.18. The van der Waals surface area contributed by atoms with Gasteiger partial charge in [0.15, 0.2) is 0 Å². The predicted octanol–water partition coefficient (Wildman–Crippen LogP) is 2.46. The number of ether oxygens (including phenoxy) is 1. The summed E-state index contributed by atoms with van der Waals surface area (Å²) in [6.45, 7) is 1.58. The molecule has 0 bridgehead atoms. The number of amides is 1. The molecule has 0 saturated carbocycles. The number of benzene rings is 2. The number of nitrogens with zero attached hydrogens (tertiary/aromatic N) is 2. The zero-order valence-corrected chi connectivity index (χ0v) is 15.6. The normalized spacial score (nSPS) is 21.6. The van der Waals surface area contributed by atoms with Crippen LogP contribution in [-0.4, -0.2) is 31.0 Å². The van der Waals surface area contributed by atoms with Crippen molar-refractivity contribution >= 4 is 23.5 Å². The number of likely N-dealkylation sites (tertiary alicyclic amines) is 1. The van der Waals surface area contributed by atoms with Crippen LogP contribution in [0.5, 0.6) is 5.75 Å². The van der Waals surface area contributed by atoms with Crippen LogP contribution in [0.1, 0.15) is 25.7 Å². The molecule has 1 saturated heterocycles. The lowest BCUT2D eigenvalue weighted by molar-refractivity contribution is -0.131. The Morgan fingerprint density at radius 2 is 1.78 bits per heavy atom. The molecular weight excluding hydrogens is 340 g/mol. The molecule has 1 atom stereocenters. The third kappa shape index (κ3) is 3.24. The number of hydroxylamine groups is 2. The minimum atomic E-state index is -0.719. The van der Waals surface area contributed by atoms with Crippen LogP contribution in [0.4, 0.5) is 5.69 Å². The van der Waals surface area contributed by atoms with E-state index in [2.05, 4.69) is 0 Å². The van der Waals surface area contributed by atoms with Gasteiger partial charge in [-0.25, -0.2) is 0 Å². The maximum atomic E-state index is 13.9. The van der Waals surface area contributed by atoms with Crippen LogP contribution in [0.2, 0.25) is 0 Å². The fourth-order valence-electron chi connectivity index (χ4n) is 3.97. The predicted molar refractivity (Wildman–Crippen MR) is 107 cm³/mol. The number of carbonyl (C=O) groups is 1. The number of hydrogen-bond acceptors (Lipinski definition) is 3. The van der Waals surface area contributed by atoms with Crippen molar-refractivity contribution in [2.24, 2.45) is 0 Å². The molecule has 2 aromatic carbocycles. The zero-order valence-electron chi connectivity index (χ0n) is 15.6. The highest BCUT2D eigenvalue weighted by molar-refractivity contribution is 5.90. The molecule has 27 heavy (non-hydrogen) atoms. The molecule has 2 aromatic rings. The number of carbonyl (C=O) groups excluding carboxylic acids is 1. The van der Waals surface area contributed by atoms with Crippen LogP contribution in [0.15, 0.2) is 48.5 Å². The molecule has 0 N–H and O–H groups in total. The molecular formula is C22H24N2O3. The monoisotopic (exact) mass is 364 g/mol. The Bertz CT molecular complexity index is 962. The van der Waals surface area contributed by atoms with Crippen LogP contribution < -0.4 is 19.8 Å². The molecule has 2 aliphatic rings. The van der Waals surface area contributed by atoms with Crippen molar-refractivity contribution in [2.45, 2.75) is 25.7 Å². The van der Waals surface area contributed by atoms with E-state index in [1.54, 1.807) is 37.6 Å². The number of hydrogen-bond donors (Lipinski definition) is 0. The number of quaternary nitrogens is 1. The van der Waals surface area contributed by atoms with Crippen LogP contribution in [0.25, 0.3) is 11.9 Å². The van der Waals surface area contributed by atoms with E-state index in [0.717, 1.165) is 36.4 Å². The molecule has 1 amide bonds. The van der Waals surface area contributed by atoms with Gasteiger partial charge in [-0.1, -0.05) is 12.1 Å². The van der Waals surface area contributed by atoms with Gasteiger partial charge in [0.25, 0.3) is 0 Å². The summed E-state index contributed by atoms with van der Waals surface area (Å²) in [4.78, 5) is 14.8. The zero-order chi connectivity index (χ0) is 18.9. The Balaban J connectivity index is 1.74. The summed E-state index contributed by atoms with van der Waals surface area (Å²) in [5.74, 6) is 0.745. The summed E-state index contributed by atoms with van der Waals surface area (Å²) >= 11 is 0. The van der Waals surface area contributed by atoms with Crippen molar-refractivity contribution < 1.29 is 9.53 Å². The molecule has 0 aliphatic carbocycles. The number of piperidine rings is 1. The van der Waals surface area contributed by atoms with E-state index in [4.69, 9.17) is 4.74 Å². The SMILES string of the molecule is COc1ccc([N+]2([O-])C=c3ccccc3=C2CC(=O)N2CCCCC2)cc1. The first-order valence-corrected chi connectivity index (χ1v) is 9.46. The van der Waals surface area contributed by atoms with E-state index in [0.29, 0.717) is 17.1 Å². The Morgan fingerprint density at radius 1 is 1.07 bits per heavy atom. The van der Waals surface area contributed by atoms with Crippen LogP contribution in [0, 0.1) is 5.21 Å². The molecule has 0 spiro atoms. The largest absolute Gasteiger partial charge is 0.617 e. The highest BCUT2D eigenvalue weighted by atomic mass is 16.5. The lowest BCUT2D eigenvalue weighted by Gasteiger charge is -2.38. The maximum absolute atomic E-state index is 13.9. The first-order valence-electron chi connectivity index (χ1n) is 9.46. The van der Waals surface area contributed by atoms with Gasteiger partial charge in [-0.3, -0.25) is 9.44 Å². The lowest BCUT2D eigenvalue weighted by atomic mass is 10.1. The molecule has 5 heteroatoms. The van der Waals surface area contributed by atoms with E-state index < -0.39 is 4.65 Å². The summed E-state index contributed by atoms with van der Waals surface area (Å²) < 4.78 is 4.49. The van der Waals surface area contributed by atoms with Gasteiger partial charge in [-0.15, -0.1) is 0 Å². The number of rotatable bonds is 4. The topological polar surface area (TPSA) is 52.6 Å². The second-order valence-corrected chi connectivity index (χ2v) is 7.14. The van der Waals surface area contributed by atoms with Gasteiger partial charge in [0.1, 0.15) is 29.8 Å². The van der Waals surface area contributed by atoms with Gasteiger partial charge in [0, 0.05) is 35.7 Å². The average molecular weight is 364 g/mol. The van der Waals surface area contributed by atoms with E-state index in [1.807, 2.05) is 29.2 Å². The third-order valence-electron chi connectivity index (χ3n) is 5.48. The van der Waals surface area contributed by atoms with Gasteiger partial charge < -0.3 is 14.8 Å². The third-order valence-corrected chi connectivity index (χ3v) is 5.48. The smallest absolute Gasteiger partial charge is 0.232 e. The van der Waals surface area contributed by atoms with E-state index in [-0.39, 0.29) is 12.3 Å². The van der Waals surface area contributed by atoms with E-state index in [1.165, 1.54) is 6.42 Å². The van der Waals surface area contributed by atoms with E-state index >= 15 is 0 Å². The first kappa shape index (κ1) is 17.8. The molecule has 0 aromatic heterocycles. The average Bonchev–Trinajstić information content (AvgIpc) is 3.01. The van der Waals surface area contributed by atoms with Gasteiger partial charge in [-0.05, 0) is 43.5 Å². The summed E-state index contributed by atoms with van der Waals surface area (Å²) in [5.41, 5.74) is 1.17. The molecule has 2 aliphatic heterocycles. The van der Waals surface area contributed by atoms with Crippen LogP contribution in [-0.2, 0) is 4.79 Å². The highest BCUT2D eigenvalue weighted by Crippen LogP contribution is 2.34. The fraction of sp³-hybridized carbons (Fsp3) is 0.318. The van der Waals surface area contributed by atoms with Gasteiger partial charge in [0.05, 0.1) is 7.11 Å². The van der Waals surface area contributed by atoms with Crippen LogP contribution in [0.3, 0.4) is 0 Å². The van der Waals surface area contributed by atoms with Gasteiger partial charge in [0.2, 0.25) is 5.91 Å². The van der Waals surface area contributed by atoms with E-state index in [9.17, 15) is 10.0 Å². The van der Waals surface area contributed by atoms with Crippen molar-refractivity contribution in [3.63, 3.8) is 0 Å². The summed E-state index contributed by atoms with van der Waals surface area (Å²) in [6, 6.07) is 14.8. The minimum Gasteiger partial charge on any atom is -0.617 e. The Hall–Kier alpha value is -2.63.